The van der Waals surface area contributed by atoms with Gasteiger partial charge in [0, 0.05) is 44.6 Å². The minimum absolute atomic E-state index is 0.0388. The largest absolute Gasteiger partial charge is 0.469 e. The van der Waals surface area contributed by atoms with Crippen LogP contribution < -0.4 is 0 Å². The smallest absolute Gasteiger partial charge is 0.410 e. The van der Waals surface area contributed by atoms with Gasteiger partial charge in [-0.15, -0.1) is 0 Å². The van der Waals surface area contributed by atoms with E-state index < -0.39 is 17.2 Å². The summed E-state index contributed by atoms with van der Waals surface area (Å²) in [6.07, 6.45) is 4.22. The van der Waals surface area contributed by atoms with Gasteiger partial charge in [0.15, 0.2) is 0 Å². The fourth-order valence-electron chi connectivity index (χ4n) is 5.31. The van der Waals surface area contributed by atoms with Crippen molar-refractivity contribution >= 4 is 12.1 Å². The Balaban J connectivity index is 1.29. The molecule has 9 heteroatoms. The molecule has 1 spiro atoms. The quantitative estimate of drug-likeness (QED) is 0.623. The minimum atomic E-state index is -0.716. The Morgan fingerprint density at radius 1 is 1.21 bits per heavy atom. The van der Waals surface area contributed by atoms with Gasteiger partial charge in [0.2, 0.25) is 0 Å². The molecule has 3 fully saturated rings. The summed E-state index contributed by atoms with van der Waals surface area (Å²) in [4.78, 5) is 28.0. The van der Waals surface area contributed by atoms with Gasteiger partial charge < -0.3 is 14.4 Å². The zero-order valence-electron chi connectivity index (χ0n) is 18.8. The van der Waals surface area contributed by atoms with Crippen LogP contribution in [0.4, 0.5) is 13.6 Å². The first-order chi connectivity index (χ1) is 15.8. The number of nitriles is 1. The van der Waals surface area contributed by atoms with Crippen molar-refractivity contribution in [1.29, 1.82) is 5.26 Å². The second-order valence-corrected chi connectivity index (χ2v) is 9.48. The van der Waals surface area contributed by atoms with Crippen molar-refractivity contribution in [2.45, 2.75) is 50.7 Å². The van der Waals surface area contributed by atoms with Crippen molar-refractivity contribution in [2.75, 3.05) is 33.3 Å². The molecule has 1 aromatic carbocycles. The first kappa shape index (κ1) is 23.4. The summed E-state index contributed by atoms with van der Waals surface area (Å²) in [5.41, 5.74) is -0.640. The molecule has 2 heterocycles. The van der Waals surface area contributed by atoms with Crippen LogP contribution in [-0.2, 0) is 20.8 Å². The lowest BCUT2D eigenvalue weighted by Gasteiger charge is -2.37. The number of likely N-dealkylation sites (tertiary alicyclic amines) is 1. The third-order valence-electron chi connectivity index (χ3n) is 7.32. The first-order valence-corrected chi connectivity index (χ1v) is 11.5. The second kappa shape index (κ2) is 9.64. The third-order valence-corrected chi connectivity index (χ3v) is 7.32. The van der Waals surface area contributed by atoms with Crippen LogP contribution in [0.3, 0.4) is 0 Å². The van der Waals surface area contributed by atoms with E-state index in [1.54, 1.807) is 11.0 Å². The molecule has 0 radical (unpaired) electrons. The highest BCUT2D eigenvalue weighted by Gasteiger charge is 2.47. The molecule has 33 heavy (non-hydrogen) atoms. The molecule has 4 rings (SSSR count). The summed E-state index contributed by atoms with van der Waals surface area (Å²) in [6.45, 7) is 2.38. The summed E-state index contributed by atoms with van der Waals surface area (Å²) < 4.78 is 39.1. The van der Waals surface area contributed by atoms with Gasteiger partial charge in [-0.05, 0) is 43.7 Å². The lowest BCUT2D eigenvalue weighted by atomic mass is 9.81. The average Bonchev–Trinajstić information content (AvgIpc) is 3.11. The number of piperidine rings is 1. The number of hydrogen-bond donors (Lipinski definition) is 0. The fraction of sp³-hybridized carbons (Fsp3) is 0.625. The molecular weight excluding hydrogens is 432 g/mol. The maximum atomic E-state index is 14.2. The molecule has 0 atom stereocenters. The van der Waals surface area contributed by atoms with Gasteiger partial charge in [-0.25, -0.2) is 13.6 Å². The van der Waals surface area contributed by atoms with E-state index in [2.05, 4.69) is 0 Å². The summed E-state index contributed by atoms with van der Waals surface area (Å²) in [5, 5.41) is 8.85. The van der Waals surface area contributed by atoms with Crippen molar-refractivity contribution in [3.63, 3.8) is 0 Å². The van der Waals surface area contributed by atoms with Gasteiger partial charge in [-0.1, -0.05) is 0 Å². The Bertz CT molecular complexity index is 925. The lowest BCUT2D eigenvalue weighted by Crippen LogP contribution is -2.47. The Hall–Kier alpha value is -2.73. The topological polar surface area (TPSA) is 82.9 Å². The Morgan fingerprint density at radius 2 is 1.85 bits per heavy atom. The van der Waals surface area contributed by atoms with Gasteiger partial charge in [0.05, 0.1) is 31.2 Å². The highest BCUT2D eigenvalue weighted by molar-refractivity contribution is 5.72. The molecule has 0 aromatic heterocycles. The standard InChI is InChI=1S/C24H29F2N3O4/c1-32-22(30)18-4-2-16(3-5-18)13-29-15-24(33-23(29)31)6-8-28(9-7-24)14-19-20(25)10-17(12-27)11-21(19)26/h10-11,16,18H,2-9,13-15H2,1H3. The van der Waals surface area contributed by atoms with Crippen LogP contribution in [0.5, 0.6) is 0 Å². The Kier molecular flexibility index (Phi) is 6.84. The molecule has 0 N–H and O–H groups in total. The maximum Gasteiger partial charge on any atom is 0.410 e. The molecule has 1 aliphatic carbocycles. The van der Waals surface area contributed by atoms with Crippen molar-refractivity contribution in [2.24, 2.45) is 11.8 Å². The van der Waals surface area contributed by atoms with E-state index in [0.29, 0.717) is 44.9 Å². The third kappa shape index (κ3) is 5.11. The second-order valence-electron chi connectivity index (χ2n) is 9.48. The van der Waals surface area contributed by atoms with Gasteiger partial charge in [-0.3, -0.25) is 9.69 Å². The number of benzene rings is 1. The van der Waals surface area contributed by atoms with E-state index in [0.717, 1.165) is 37.8 Å². The summed E-state index contributed by atoms with van der Waals surface area (Å²) in [7, 11) is 1.41. The van der Waals surface area contributed by atoms with Crippen LogP contribution in [0, 0.1) is 34.8 Å². The molecule has 2 aliphatic heterocycles. The molecule has 1 aromatic rings. The zero-order chi connectivity index (χ0) is 23.6. The normalized spacial score (nSPS) is 25.0. The van der Waals surface area contributed by atoms with E-state index in [-0.39, 0.29) is 35.7 Å². The van der Waals surface area contributed by atoms with Crippen LogP contribution >= 0.6 is 0 Å². The average molecular weight is 462 g/mol. The molecule has 3 aliphatic rings. The first-order valence-electron chi connectivity index (χ1n) is 11.5. The lowest BCUT2D eigenvalue weighted by molar-refractivity contribution is -0.146. The SMILES string of the molecule is COC(=O)C1CCC(CN2CC3(CCN(Cc4c(F)cc(C#N)cc4F)CC3)OC2=O)CC1. The number of methoxy groups -OCH3 is 1. The van der Waals surface area contributed by atoms with Gasteiger partial charge in [-0.2, -0.15) is 5.26 Å². The summed E-state index contributed by atoms with van der Waals surface area (Å²) in [6, 6.07) is 3.86. The molecule has 7 nitrogen and oxygen atoms in total. The van der Waals surface area contributed by atoms with E-state index in [1.165, 1.54) is 7.11 Å². The molecule has 0 bridgehead atoms. The number of ether oxygens (including phenoxy) is 2. The molecule has 1 saturated carbocycles. The van der Waals surface area contributed by atoms with E-state index >= 15 is 0 Å². The fourth-order valence-corrected chi connectivity index (χ4v) is 5.31. The maximum absolute atomic E-state index is 14.2. The monoisotopic (exact) mass is 461 g/mol. The number of carbonyl (C=O) groups is 2. The predicted octanol–water partition coefficient (Wildman–Crippen LogP) is 3.60. The molecule has 2 saturated heterocycles. The minimum Gasteiger partial charge on any atom is -0.469 e. The van der Waals surface area contributed by atoms with Crippen LogP contribution in [0.15, 0.2) is 12.1 Å². The van der Waals surface area contributed by atoms with Gasteiger partial charge >= 0.3 is 12.1 Å². The number of amides is 1. The van der Waals surface area contributed by atoms with Crippen molar-refractivity contribution in [3.05, 3.63) is 34.9 Å². The Labute approximate surface area is 192 Å². The molecule has 1 amide bonds. The highest BCUT2D eigenvalue weighted by atomic mass is 19.1. The van der Waals surface area contributed by atoms with Crippen LogP contribution in [0.2, 0.25) is 0 Å². The number of hydrogen-bond acceptors (Lipinski definition) is 6. The molecular formula is C24H29F2N3O4. The number of rotatable bonds is 5. The van der Waals surface area contributed by atoms with E-state index in [1.807, 2.05) is 4.90 Å². The van der Waals surface area contributed by atoms with Crippen LogP contribution in [0.25, 0.3) is 0 Å². The van der Waals surface area contributed by atoms with Gasteiger partial charge in [0.25, 0.3) is 0 Å². The van der Waals surface area contributed by atoms with Crippen molar-refractivity contribution in [1.82, 2.24) is 9.80 Å². The summed E-state index contributed by atoms with van der Waals surface area (Å²) >= 11 is 0. The van der Waals surface area contributed by atoms with Crippen molar-refractivity contribution < 1.29 is 27.8 Å². The van der Waals surface area contributed by atoms with E-state index in [9.17, 15) is 18.4 Å². The molecule has 178 valence electrons. The summed E-state index contributed by atoms with van der Waals surface area (Å²) in [5.74, 6) is -1.28. The Morgan fingerprint density at radius 3 is 2.42 bits per heavy atom. The number of nitrogens with zero attached hydrogens (tertiary/aromatic N) is 3. The zero-order valence-corrected chi connectivity index (χ0v) is 18.8. The highest BCUT2D eigenvalue weighted by Crippen LogP contribution is 2.36. The van der Waals surface area contributed by atoms with E-state index in [4.69, 9.17) is 14.7 Å². The molecule has 0 unspecified atom stereocenters. The number of esters is 1. The van der Waals surface area contributed by atoms with Crippen LogP contribution in [-0.4, -0.2) is 60.8 Å². The van der Waals surface area contributed by atoms with Crippen molar-refractivity contribution in [3.8, 4) is 6.07 Å². The predicted molar refractivity (Wildman–Crippen MR) is 114 cm³/mol. The van der Waals surface area contributed by atoms with Gasteiger partial charge in [0.1, 0.15) is 17.2 Å². The van der Waals surface area contributed by atoms with Crippen LogP contribution in [0.1, 0.15) is 49.7 Å². The number of carbonyl (C=O) groups excluding carboxylic acids is 2. The number of halogens is 2.